The lowest BCUT2D eigenvalue weighted by molar-refractivity contribution is 0.410. The van der Waals surface area contributed by atoms with Gasteiger partial charge in [-0.3, -0.25) is 0 Å². The molecule has 19 heavy (non-hydrogen) atoms. The summed E-state index contributed by atoms with van der Waals surface area (Å²) in [5.41, 5.74) is 1.52. The highest BCUT2D eigenvalue weighted by atomic mass is 32.2. The van der Waals surface area contributed by atoms with E-state index in [0.717, 1.165) is 11.1 Å². The van der Waals surface area contributed by atoms with E-state index >= 15 is 0 Å². The molecule has 0 aliphatic rings. The van der Waals surface area contributed by atoms with E-state index in [1.807, 2.05) is 27.7 Å². The van der Waals surface area contributed by atoms with Gasteiger partial charge in [0.1, 0.15) is 5.75 Å². The van der Waals surface area contributed by atoms with Crippen LogP contribution in [0.25, 0.3) is 0 Å². The van der Waals surface area contributed by atoms with E-state index in [4.69, 9.17) is 14.1 Å². The van der Waals surface area contributed by atoms with Crippen LogP contribution >= 0.6 is 0 Å². The predicted molar refractivity (Wildman–Crippen MR) is 74.9 cm³/mol. The molecule has 0 spiro atoms. The van der Waals surface area contributed by atoms with Gasteiger partial charge in [-0.25, -0.2) is 0 Å². The fourth-order valence-corrected chi connectivity index (χ4v) is 2.26. The maximum Gasteiger partial charge on any atom is 0.380 e. The Kier molecular flexibility index (Phi) is 4.81. The molecule has 0 saturated carbocycles. The summed E-state index contributed by atoms with van der Waals surface area (Å²) < 4.78 is 32.7. The lowest BCUT2D eigenvalue weighted by atomic mass is 9.93. The van der Waals surface area contributed by atoms with Crippen LogP contribution in [-0.4, -0.2) is 15.5 Å². The van der Waals surface area contributed by atoms with E-state index in [2.05, 4.69) is 0 Å². The van der Waals surface area contributed by atoms with E-state index in [-0.39, 0.29) is 11.8 Å². The van der Waals surface area contributed by atoms with Crippen molar-refractivity contribution in [1.29, 1.82) is 0 Å². The van der Waals surface area contributed by atoms with Crippen LogP contribution in [0.2, 0.25) is 0 Å². The maximum absolute atomic E-state index is 11.2. The molecule has 0 saturated heterocycles. The van der Waals surface area contributed by atoms with Crippen molar-refractivity contribution in [2.24, 2.45) is 5.14 Å². The number of methoxy groups -OCH3 is 1. The third-order valence-electron chi connectivity index (χ3n) is 2.80. The summed E-state index contributed by atoms with van der Waals surface area (Å²) in [6.45, 7) is 7.81. The van der Waals surface area contributed by atoms with Gasteiger partial charge in [0.15, 0.2) is 5.75 Å². The SMILES string of the molecule is COc1cc(C(C)C)c(OS(N)(=O)=O)c(C(C)C)c1. The molecule has 0 fully saturated rings. The van der Waals surface area contributed by atoms with Crippen LogP contribution in [0.4, 0.5) is 0 Å². The van der Waals surface area contributed by atoms with Gasteiger partial charge in [0.2, 0.25) is 0 Å². The molecule has 5 nitrogen and oxygen atoms in total. The lowest BCUT2D eigenvalue weighted by Gasteiger charge is -2.19. The van der Waals surface area contributed by atoms with Crippen LogP contribution in [0, 0.1) is 0 Å². The van der Waals surface area contributed by atoms with Crippen molar-refractivity contribution in [3.63, 3.8) is 0 Å². The average Bonchev–Trinajstić information content (AvgIpc) is 2.26. The van der Waals surface area contributed by atoms with Gasteiger partial charge in [0.05, 0.1) is 7.11 Å². The number of hydrogen-bond donors (Lipinski definition) is 1. The molecular weight excluding hydrogens is 266 g/mol. The highest BCUT2D eigenvalue weighted by Gasteiger charge is 2.21. The minimum atomic E-state index is -4.05. The summed E-state index contributed by atoms with van der Waals surface area (Å²) in [5, 5.41) is 4.99. The number of rotatable bonds is 5. The van der Waals surface area contributed by atoms with Crippen molar-refractivity contribution < 1.29 is 17.3 Å². The molecule has 0 bridgehead atoms. The third-order valence-corrected chi connectivity index (χ3v) is 3.20. The molecule has 0 atom stereocenters. The van der Waals surface area contributed by atoms with Gasteiger partial charge in [-0.15, -0.1) is 0 Å². The highest BCUT2D eigenvalue weighted by Crippen LogP contribution is 2.38. The van der Waals surface area contributed by atoms with E-state index in [9.17, 15) is 8.42 Å². The largest absolute Gasteiger partial charge is 0.497 e. The van der Waals surface area contributed by atoms with Gasteiger partial charge < -0.3 is 8.92 Å². The van der Waals surface area contributed by atoms with Crippen molar-refractivity contribution >= 4 is 10.3 Å². The van der Waals surface area contributed by atoms with Crippen molar-refractivity contribution in [3.05, 3.63) is 23.3 Å². The fourth-order valence-electron chi connectivity index (χ4n) is 1.83. The van der Waals surface area contributed by atoms with E-state index < -0.39 is 10.3 Å². The predicted octanol–water partition coefficient (Wildman–Crippen LogP) is 2.52. The zero-order chi connectivity index (χ0) is 14.8. The monoisotopic (exact) mass is 287 g/mol. The van der Waals surface area contributed by atoms with E-state index in [1.165, 1.54) is 0 Å². The second-order valence-corrected chi connectivity index (χ2v) is 6.17. The standard InChI is InChI=1S/C13H21NO4S/c1-8(2)11-6-10(17-5)7-12(9(3)4)13(11)18-19(14,15)16/h6-9H,1-5H3,(H2,14,15,16). The van der Waals surface area contributed by atoms with E-state index in [1.54, 1.807) is 19.2 Å². The van der Waals surface area contributed by atoms with Gasteiger partial charge in [0, 0.05) is 11.1 Å². The molecule has 0 aliphatic heterocycles. The minimum absolute atomic E-state index is 0.0874. The van der Waals surface area contributed by atoms with Crippen LogP contribution in [-0.2, 0) is 10.3 Å². The first-order chi connectivity index (χ1) is 8.65. The van der Waals surface area contributed by atoms with E-state index in [0.29, 0.717) is 11.5 Å². The van der Waals surface area contributed by atoms with Crippen LogP contribution in [0.3, 0.4) is 0 Å². The first kappa shape index (κ1) is 15.8. The van der Waals surface area contributed by atoms with Gasteiger partial charge in [-0.05, 0) is 24.0 Å². The molecular formula is C13H21NO4S. The maximum atomic E-state index is 11.2. The summed E-state index contributed by atoms with van der Waals surface area (Å²) in [6, 6.07) is 3.55. The lowest BCUT2D eigenvalue weighted by Crippen LogP contribution is -2.21. The first-order valence-electron chi connectivity index (χ1n) is 6.09. The molecule has 0 radical (unpaired) electrons. The van der Waals surface area contributed by atoms with Gasteiger partial charge >= 0.3 is 10.3 Å². The molecule has 0 heterocycles. The molecule has 0 amide bonds. The number of hydrogen-bond acceptors (Lipinski definition) is 4. The topological polar surface area (TPSA) is 78.6 Å². The Balaban J connectivity index is 3.53. The Morgan fingerprint density at radius 1 is 1.05 bits per heavy atom. The smallest absolute Gasteiger partial charge is 0.380 e. The molecule has 0 aromatic heterocycles. The van der Waals surface area contributed by atoms with Crippen LogP contribution in [0.5, 0.6) is 11.5 Å². The van der Waals surface area contributed by atoms with Crippen LogP contribution in [0.1, 0.15) is 50.7 Å². The zero-order valence-electron chi connectivity index (χ0n) is 11.9. The fraction of sp³-hybridized carbons (Fsp3) is 0.538. The molecule has 2 N–H and O–H groups in total. The first-order valence-corrected chi connectivity index (χ1v) is 7.57. The molecule has 108 valence electrons. The van der Waals surface area contributed by atoms with Crippen molar-refractivity contribution in [3.8, 4) is 11.5 Å². The summed E-state index contributed by atoms with van der Waals surface area (Å²) in [7, 11) is -2.48. The molecule has 1 rings (SSSR count). The quantitative estimate of drug-likeness (QED) is 0.902. The average molecular weight is 287 g/mol. The summed E-state index contributed by atoms with van der Waals surface area (Å²) >= 11 is 0. The van der Waals surface area contributed by atoms with Crippen molar-refractivity contribution in [1.82, 2.24) is 0 Å². The Morgan fingerprint density at radius 3 is 1.74 bits per heavy atom. The second kappa shape index (κ2) is 5.79. The highest BCUT2D eigenvalue weighted by molar-refractivity contribution is 7.84. The van der Waals surface area contributed by atoms with Crippen LogP contribution in [0.15, 0.2) is 12.1 Å². The molecule has 0 unspecified atom stereocenters. The van der Waals surface area contributed by atoms with Gasteiger partial charge in [-0.2, -0.15) is 13.6 Å². The summed E-state index contributed by atoms with van der Waals surface area (Å²) in [5.74, 6) is 1.16. The third kappa shape index (κ3) is 4.11. The Morgan fingerprint density at radius 2 is 1.47 bits per heavy atom. The summed E-state index contributed by atoms with van der Waals surface area (Å²) in [4.78, 5) is 0. The molecule has 1 aromatic carbocycles. The Labute approximate surface area is 115 Å². The normalized spacial score (nSPS) is 12.0. The van der Waals surface area contributed by atoms with Gasteiger partial charge in [-0.1, -0.05) is 27.7 Å². The molecule has 6 heteroatoms. The molecule has 0 aliphatic carbocycles. The molecule has 1 aromatic rings. The van der Waals surface area contributed by atoms with Crippen molar-refractivity contribution in [2.75, 3.05) is 7.11 Å². The Bertz CT molecular complexity index is 521. The summed E-state index contributed by atoms with van der Waals surface area (Å²) in [6.07, 6.45) is 0. The second-order valence-electron chi connectivity index (χ2n) is 5.02. The van der Waals surface area contributed by atoms with Gasteiger partial charge in [0.25, 0.3) is 0 Å². The Hall–Kier alpha value is -1.27. The van der Waals surface area contributed by atoms with Crippen molar-refractivity contribution in [2.45, 2.75) is 39.5 Å². The minimum Gasteiger partial charge on any atom is -0.497 e. The zero-order valence-corrected chi connectivity index (χ0v) is 12.7. The number of nitrogens with two attached hydrogens (primary N) is 1. The number of ether oxygens (including phenoxy) is 1. The number of benzene rings is 1. The van der Waals surface area contributed by atoms with Crippen LogP contribution < -0.4 is 14.1 Å².